The number of nitrogens with zero attached hydrogens (tertiary/aromatic N) is 2. The minimum absolute atomic E-state index is 0.130. The Balaban J connectivity index is 1.95. The number of methoxy groups -OCH3 is 4. The molecule has 0 saturated carbocycles. The number of esters is 2. The third kappa shape index (κ3) is 5.69. The van der Waals surface area contributed by atoms with Crippen LogP contribution in [0.25, 0.3) is 22.3 Å². The molecule has 0 radical (unpaired) electrons. The number of carbonyl (C=O) groups is 2. The Kier molecular flexibility index (Phi) is 8.14. The summed E-state index contributed by atoms with van der Waals surface area (Å²) in [7, 11) is 5.34. The molecule has 0 aliphatic heterocycles. The van der Waals surface area contributed by atoms with E-state index in [0.29, 0.717) is 33.4 Å². The number of aromatic nitrogens is 2. The van der Waals surface area contributed by atoms with Crippen LogP contribution >= 0.6 is 0 Å². The largest absolute Gasteiger partial charge is 0.496 e. The first kappa shape index (κ1) is 27.2. The summed E-state index contributed by atoms with van der Waals surface area (Å²) in [5, 5.41) is 0. The second kappa shape index (κ2) is 11.7. The van der Waals surface area contributed by atoms with Crippen molar-refractivity contribution in [2.24, 2.45) is 0 Å². The first-order chi connectivity index (χ1) is 18.8. The van der Waals surface area contributed by atoms with E-state index in [4.69, 9.17) is 18.9 Å². The van der Waals surface area contributed by atoms with Gasteiger partial charge in [-0.3, -0.25) is 0 Å². The van der Waals surface area contributed by atoms with E-state index in [1.54, 1.807) is 24.3 Å². The van der Waals surface area contributed by atoms with Crippen molar-refractivity contribution >= 4 is 11.9 Å². The number of pyridine rings is 2. The third-order valence-corrected chi connectivity index (χ3v) is 6.05. The molecule has 0 unspecified atom stereocenters. The topological polar surface area (TPSA) is 96.8 Å². The van der Waals surface area contributed by atoms with Crippen molar-refractivity contribution < 1.29 is 37.3 Å². The number of benzene rings is 2. The lowest BCUT2D eigenvalue weighted by Crippen LogP contribution is -2.10. The molecule has 8 nitrogen and oxygen atoms in total. The van der Waals surface area contributed by atoms with Crippen LogP contribution in [0.3, 0.4) is 0 Å². The van der Waals surface area contributed by atoms with Crippen molar-refractivity contribution in [3.05, 3.63) is 95.1 Å². The van der Waals surface area contributed by atoms with Gasteiger partial charge in [-0.1, -0.05) is 0 Å². The maximum atomic E-state index is 13.5. The Hall–Kier alpha value is -4.86. The highest BCUT2D eigenvalue weighted by Gasteiger charge is 2.24. The van der Waals surface area contributed by atoms with Crippen LogP contribution in [-0.4, -0.2) is 50.3 Å². The van der Waals surface area contributed by atoms with Gasteiger partial charge in [0, 0.05) is 41.1 Å². The molecule has 0 saturated heterocycles. The number of hydrogen-bond donors (Lipinski definition) is 0. The maximum Gasteiger partial charge on any atom is 0.341 e. The lowest BCUT2D eigenvalue weighted by Gasteiger charge is -2.18. The van der Waals surface area contributed by atoms with Crippen LogP contribution < -0.4 is 9.47 Å². The van der Waals surface area contributed by atoms with Gasteiger partial charge in [0.05, 0.1) is 28.4 Å². The quantitative estimate of drug-likeness (QED) is 0.223. The number of hydrogen-bond acceptors (Lipinski definition) is 8. The van der Waals surface area contributed by atoms with Gasteiger partial charge in [-0.2, -0.15) is 8.78 Å². The fourth-order valence-electron chi connectivity index (χ4n) is 4.28. The van der Waals surface area contributed by atoms with Crippen LogP contribution in [0.1, 0.15) is 31.8 Å². The van der Waals surface area contributed by atoms with Crippen molar-refractivity contribution in [2.45, 2.75) is 6.42 Å². The zero-order valence-electron chi connectivity index (χ0n) is 21.6. The first-order valence-electron chi connectivity index (χ1n) is 11.6. The average Bonchev–Trinajstić information content (AvgIpc) is 2.96. The lowest BCUT2D eigenvalue weighted by molar-refractivity contribution is 0.0588. The molecular formula is C29H24F2N2O6. The Morgan fingerprint density at radius 3 is 1.36 bits per heavy atom. The van der Waals surface area contributed by atoms with Crippen LogP contribution in [0.15, 0.2) is 60.9 Å². The van der Waals surface area contributed by atoms with Crippen molar-refractivity contribution in [1.29, 1.82) is 0 Å². The van der Waals surface area contributed by atoms with E-state index < -0.39 is 23.8 Å². The zero-order valence-corrected chi connectivity index (χ0v) is 21.6. The lowest BCUT2D eigenvalue weighted by atomic mass is 9.92. The summed E-state index contributed by atoms with van der Waals surface area (Å²) in [6.45, 7) is 0. The minimum atomic E-state index is -0.646. The second-order valence-corrected chi connectivity index (χ2v) is 8.33. The number of ether oxygens (including phenoxy) is 4. The molecular weight excluding hydrogens is 510 g/mol. The second-order valence-electron chi connectivity index (χ2n) is 8.33. The summed E-state index contributed by atoms with van der Waals surface area (Å²) in [6.07, 6.45) is 2.82. The van der Waals surface area contributed by atoms with Gasteiger partial charge in [-0.15, -0.1) is 0 Å². The fourth-order valence-corrected chi connectivity index (χ4v) is 4.28. The van der Waals surface area contributed by atoms with Gasteiger partial charge in [0.2, 0.25) is 11.9 Å². The molecule has 0 aliphatic carbocycles. The molecule has 0 fully saturated rings. The Morgan fingerprint density at radius 2 is 1.05 bits per heavy atom. The van der Waals surface area contributed by atoms with E-state index in [1.165, 1.54) is 65.1 Å². The standard InChI is InChI=1S/C29H24F2N2O6/c1-36-26-20(9-18(12-22(26)28(34)38-3)16-5-7-24(30)32-14-16)11-21-10-19(17-6-8-25(31)33-15-17)13-23(27(21)37-2)29(35)39-4/h5-10,12-15H,11H2,1-4H3. The smallest absolute Gasteiger partial charge is 0.341 e. The van der Waals surface area contributed by atoms with Crippen molar-refractivity contribution in [2.75, 3.05) is 28.4 Å². The predicted molar refractivity (Wildman–Crippen MR) is 138 cm³/mol. The van der Waals surface area contributed by atoms with Gasteiger partial charge >= 0.3 is 11.9 Å². The zero-order chi connectivity index (χ0) is 28.1. The summed E-state index contributed by atoms with van der Waals surface area (Å²) in [4.78, 5) is 32.8. The molecule has 4 aromatic rings. The molecule has 2 heterocycles. The number of carbonyl (C=O) groups excluding carboxylic acids is 2. The van der Waals surface area contributed by atoms with Gasteiger partial charge in [0.25, 0.3) is 0 Å². The molecule has 39 heavy (non-hydrogen) atoms. The molecule has 0 bridgehead atoms. The minimum Gasteiger partial charge on any atom is -0.496 e. The molecule has 0 atom stereocenters. The van der Waals surface area contributed by atoms with E-state index in [0.717, 1.165) is 0 Å². The molecule has 0 amide bonds. The Morgan fingerprint density at radius 1 is 0.641 bits per heavy atom. The van der Waals surface area contributed by atoms with Crippen LogP contribution in [0, 0.1) is 11.9 Å². The molecule has 10 heteroatoms. The normalized spacial score (nSPS) is 10.6. The fraction of sp³-hybridized carbons (Fsp3) is 0.172. The van der Waals surface area contributed by atoms with E-state index in [2.05, 4.69) is 9.97 Å². The van der Waals surface area contributed by atoms with E-state index in [9.17, 15) is 18.4 Å². The molecule has 4 rings (SSSR count). The summed E-state index contributed by atoms with van der Waals surface area (Å²) < 4.78 is 48.2. The van der Waals surface area contributed by atoms with Gasteiger partial charge < -0.3 is 18.9 Å². The highest BCUT2D eigenvalue weighted by atomic mass is 19.1. The van der Waals surface area contributed by atoms with Gasteiger partial charge in [0.1, 0.15) is 22.6 Å². The molecule has 200 valence electrons. The van der Waals surface area contributed by atoms with E-state index in [-0.39, 0.29) is 29.0 Å². The SMILES string of the molecule is COC(=O)c1cc(-c2ccc(F)nc2)cc(Cc2cc(-c3ccc(F)nc3)cc(C(=O)OC)c2OC)c1OC. The van der Waals surface area contributed by atoms with Crippen LogP contribution in [-0.2, 0) is 15.9 Å². The molecule has 0 spiro atoms. The van der Waals surface area contributed by atoms with Crippen LogP contribution in [0.2, 0.25) is 0 Å². The maximum absolute atomic E-state index is 13.5. The highest BCUT2D eigenvalue weighted by molar-refractivity contribution is 5.96. The van der Waals surface area contributed by atoms with Crippen LogP contribution in [0.4, 0.5) is 8.78 Å². The van der Waals surface area contributed by atoms with E-state index in [1.807, 2.05) is 0 Å². The van der Waals surface area contributed by atoms with Crippen molar-refractivity contribution in [1.82, 2.24) is 9.97 Å². The monoisotopic (exact) mass is 534 g/mol. The van der Waals surface area contributed by atoms with Gasteiger partial charge in [-0.05, 0) is 59.7 Å². The first-order valence-corrected chi connectivity index (χ1v) is 11.6. The summed E-state index contributed by atoms with van der Waals surface area (Å²) >= 11 is 0. The van der Waals surface area contributed by atoms with Crippen LogP contribution in [0.5, 0.6) is 11.5 Å². The summed E-state index contributed by atoms with van der Waals surface area (Å²) in [5.74, 6) is -2.08. The highest BCUT2D eigenvalue weighted by Crippen LogP contribution is 2.37. The Bertz CT molecular complexity index is 1410. The number of halogens is 2. The van der Waals surface area contributed by atoms with Gasteiger partial charge in [0.15, 0.2) is 0 Å². The van der Waals surface area contributed by atoms with Crippen molar-refractivity contribution in [3.63, 3.8) is 0 Å². The average molecular weight is 535 g/mol. The summed E-state index contributed by atoms with van der Waals surface area (Å²) in [5.41, 5.74) is 3.60. The predicted octanol–water partition coefficient (Wildman–Crippen LogP) is 5.27. The third-order valence-electron chi connectivity index (χ3n) is 6.05. The van der Waals surface area contributed by atoms with Gasteiger partial charge in [-0.25, -0.2) is 19.6 Å². The van der Waals surface area contributed by atoms with Crippen molar-refractivity contribution in [3.8, 4) is 33.8 Å². The van der Waals surface area contributed by atoms with E-state index >= 15 is 0 Å². The Labute approximate surface area is 223 Å². The molecule has 2 aromatic carbocycles. The number of rotatable bonds is 8. The molecule has 0 aliphatic rings. The molecule has 2 aromatic heterocycles. The molecule has 0 N–H and O–H groups in total. The summed E-state index contributed by atoms with van der Waals surface area (Å²) in [6, 6.07) is 12.2.